The monoisotopic (exact) mass is 517 g/mol. The topological polar surface area (TPSA) is 108 Å². The van der Waals surface area contributed by atoms with Crippen molar-refractivity contribution < 1.29 is 9.84 Å². The van der Waals surface area contributed by atoms with Gasteiger partial charge in [0.05, 0.1) is 29.5 Å². The molecule has 2 aliphatic rings. The largest absolute Gasteiger partial charge is 0.393 e. The van der Waals surface area contributed by atoms with E-state index in [-0.39, 0.29) is 6.10 Å². The number of hydrogen-bond acceptors (Lipinski definition) is 10. The highest BCUT2D eigenvalue weighted by Crippen LogP contribution is 2.32. The summed E-state index contributed by atoms with van der Waals surface area (Å²) in [5.41, 5.74) is 4.40. The summed E-state index contributed by atoms with van der Waals surface area (Å²) < 4.78 is 6.57. The lowest BCUT2D eigenvalue weighted by molar-refractivity contribution is 0.0341. The van der Waals surface area contributed by atoms with Crippen LogP contribution in [0.25, 0.3) is 21.3 Å². The molecule has 0 atom stereocenters. The number of aliphatic hydroxyl groups is 1. The smallest absolute Gasteiger partial charge is 0.224 e. The zero-order chi connectivity index (χ0) is 25.0. The SMILES string of the molecule is O[C@H]1CC[C@H](Nc2nccc(Nc3nc4ccc(-c5cncc(CN6CCOCC6)c5)cc4s3)n2)CC1. The molecule has 0 bridgehead atoms. The van der Waals surface area contributed by atoms with Gasteiger partial charge in [0.1, 0.15) is 5.82 Å². The van der Waals surface area contributed by atoms with Crippen molar-refractivity contribution in [3.8, 4) is 11.1 Å². The zero-order valence-corrected chi connectivity index (χ0v) is 21.5. The van der Waals surface area contributed by atoms with Crippen molar-refractivity contribution in [3.63, 3.8) is 0 Å². The van der Waals surface area contributed by atoms with E-state index in [0.29, 0.717) is 17.8 Å². The lowest BCUT2D eigenvalue weighted by Crippen LogP contribution is -2.35. The summed E-state index contributed by atoms with van der Waals surface area (Å²) in [6.45, 7) is 4.40. The van der Waals surface area contributed by atoms with E-state index in [2.05, 4.69) is 54.8 Å². The van der Waals surface area contributed by atoms with Gasteiger partial charge >= 0.3 is 0 Å². The van der Waals surface area contributed by atoms with Gasteiger partial charge in [0, 0.05) is 49.8 Å². The van der Waals surface area contributed by atoms with Gasteiger partial charge in [0.15, 0.2) is 5.13 Å². The maximum Gasteiger partial charge on any atom is 0.224 e. The molecule has 1 aliphatic carbocycles. The third-order valence-electron chi connectivity index (χ3n) is 6.95. The number of nitrogens with zero attached hydrogens (tertiary/aromatic N) is 5. The van der Waals surface area contributed by atoms with Gasteiger partial charge in [-0.1, -0.05) is 17.4 Å². The van der Waals surface area contributed by atoms with Crippen molar-refractivity contribution in [1.82, 2.24) is 24.8 Å². The number of nitrogens with one attached hydrogen (secondary N) is 2. The molecule has 4 heterocycles. The summed E-state index contributed by atoms with van der Waals surface area (Å²) in [6.07, 6.45) is 8.93. The first kappa shape index (κ1) is 24.2. The maximum atomic E-state index is 9.73. The summed E-state index contributed by atoms with van der Waals surface area (Å²) in [5, 5.41) is 17.3. The van der Waals surface area contributed by atoms with Crippen LogP contribution in [0, 0.1) is 0 Å². The Bertz CT molecular complexity index is 1350. The van der Waals surface area contributed by atoms with Gasteiger partial charge < -0.3 is 20.5 Å². The molecule has 0 spiro atoms. The highest BCUT2D eigenvalue weighted by molar-refractivity contribution is 7.22. The second-order valence-corrected chi connectivity index (χ2v) is 10.7. The minimum Gasteiger partial charge on any atom is -0.393 e. The fraction of sp³-hybridized carbons (Fsp3) is 0.407. The maximum absolute atomic E-state index is 9.73. The summed E-state index contributed by atoms with van der Waals surface area (Å²) in [5.74, 6) is 1.30. The Hall–Kier alpha value is -3.18. The second kappa shape index (κ2) is 11.1. The lowest BCUT2D eigenvalue weighted by Gasteiger charge is -2.26. The molecule has 1 saturated heterocycles. The van der Waals surface area contributed by atoms with E-state index >= 15 is 0 Å². The predicted molar refractivity (Wildman–Crippen MR) is 146 cm³/mol. The number of aromatic nitrogens is 4. The molecule has 3 aromatic heterocycles. The van der Waals surface area contributed by atoms with E-state index in [9.17, 15) is 5.11 Å². The van der Waals surface area contributed by atoms with Crippen LogP contribution in [-0.4, -0.2) is 68.4 Å². The first-order valence-corrected chi connectivity index (χ1v) is 13.7. The van der Waals surface area contributed by atoms with Crippen molar-refractivity contribution in [1.29, 1.82) is 0 Å². The average Bonchev–Trinajstić information content (AvgIpc) is 3.32. The summed E-state index contributed by atoms with van der Waals surface area (Å²) in [7, 11) is 0. The first-order chi connectivity index (χ1) is 18.2. The van der Waals surface area contributed by atoms with Crippen molar-refractivity contribution >= 4 is 38.5 Å². The Morgan fingerprint density at radius 2 is 1.86 bits per heavy atom. The summed E-state index contributed by atoms with van der Waals surface area (Å²) in [6, 6.07) is 10.7. The van der Waals surface area contributed by atoms with Crippen LogP contribution in [0.4, 0.5) is 16.9 Å². The van der Waals surface area contributed by atoms with Gasteiger partial charge in [0.25, 0.3) is 0 Å². The molecule has 1 saturated carbocycles. The molecule has 0 radical (unpaired) electrons. The third-order valence-corrected chi connectivity index (χ3v) is 7.88. The molecule has 0 unspecified atom stereocenters. The van der Waals surface area contributed by atoms with Gasteiger partial charge in [-0.15, -0.1) is 0 Å². The molecule has 6 rings (SSSR count). The van der Waals surface area contributed by atoms with Crippen molar-refractivity contribution in [2.45, 2.75) is 44.4 Å². The lowest BCUT2D eigenvalue weighted by atomic mass is 9.93. The van der Waals surface area contributed by atoms with E-state index in [1.807, 2.05) is 18.5 Å². The number of thiazole rings is 1. The fourth-order valence-electron chi connectivity index (χ4n) is 4.92. The van der Waals surface area contributed by atoms with E-state index < -0.39 is 0 Å². The van der Waals surface area contributed by atoms with E-state index in [0.717, 1.165) is 85.0 Å². The molecular formula is C27H31N7O2S. The van der Waals surface area contributed by atoms with Crippen molar-refractivity contribution in [3.05, 3.63) is 54.5 Å². The predicted octanol–water partition coefficient (Wildman–Crippen LogP) is 4.44. The number of anilines is 3. The highest BCUT2D eigenvalue weighted by Gasteiger charge is 2.20. The van der Waals surface area contributed by atoms with Crippen LogP contribution in [0.1, 0.15) is 31.2 Å². The Labute approximate surface area is 220 Å². The number of morpholine rings is 1. The van der Waals surface area contributed by atoms with E-state index in [4.69, 9.17) is 9.72 Å². The van der Waals surface area contributed by atoms with Gasteiger partial charge in [-0.3, -0.25) is 9.88 Å². The van der Waals surface area contributed by atoms with Crippen LogP contribution in [0.15, 0.2) is 48.9 Å². The molecule has 10 heteroatoms. The number of pyridine rings is 1. The highest BCUT2D eigenvalue weighted by atomic mass is 32.1. The quantitative estimate of drug-likeness (QED) is 0.328. The van der Waals surface area contributed by atoms with Gasteiger partial charge in [-0.2, -0.15) is 4.98 Å². The Kier molecular flexibility index (Phi) is 7.22. The van der Waals surface area contributed by atoms with Gasteiger partial charge in [0.2, 0.25) is 5.95 Å². The number of fused-ring (bicyclic) bond motifs is 1. The van der Waals surface area contributed by atoms with Crippen LogP contribution < -0.4 is 10.6 Å². The molecule has 0 amide bonds. The zero-order valence-electron chi connectivity index (χ0n) is 20.6. The van der Waals surface area contributed by atoms with Crippen LogP contribution >= 0.6 is 11.3 Å². The molecule has 2 fully saturated rings. The van der Waals surface area contributed by atoms with E-state index in [1.165, 1.54) is 5.56 Å². The molecule has 1 aliphatic heterocycles. The van der Waals surface area contributed by atoms with E-state index in [1.54, 1.807) is 17.5 Å². The Morgan fingerprint density at radius 1 is 1.00 bits per heavy atom. The first-order valence-electron chi connectivity index (χ1n) is 12.9. The van der Waals surface area contributed by atoms with Crippen molar-refractivity contribution in [2.24, 2.45) is 0 Å². The number of aliphatic hydroxyl groups excluding tert-OH is 1. The van der Waals surface area contributed by atoms with Crippen molar-refractivity contribution in [2.75, 3.05) is 36.9 Å². The third kappa shape index (κ3) is 6.04. The molecule has 37 heavy (non-hydrogen) atoms. The van der Waals surface area contributed by atoms with Crippen LogP contribution in [-0.2, 0) is 11.3 Å². The number of ether oxygens (including phenoxy) is 1. The minimum absolute atomic E-state index is 0.179. The molecule has 4 aromatic rings. The molecular weight excluding hydrogens is 486 g/mol. The fourth-order valence-corrected chi connectivity index (χ4v) is 5.83. The molecule has 3 N–H and O–H groups in total. The summed E-state index contributed by atoms with van der Waals surface area (Å²) in [4.78, 5) is 20.7. The normalized spacial score (nSPS) is 20.7. The number of rotatable bonds is 7. The van der Waals surface area contributed by atoms with Crippen LogP contribution in [0.5, 0.6) is 0 Å². The molecule has 192 valence electrons. The summed E-state index contributed by atoms with van der Waals surface area (Å²) >= 11 is 1.60. The second-order valence-electron chi connectivity index (χ2n) is 9.71. The van der Waals surface area contributed by atoms with Gasteiger partial charge in [-0.25, -0.2) is 9.97 Å². The number of benzene rings is 1. The Morgan fingerprint density at radius 3 is 2.73 bits per heavy atom. The minimum atomic E-state index is -0.179. The average molecular weight is 518 g/mol. The molecule has 1 aromatic carbocycles. The molecule has 9 nitrogen and oxygen atoms in total. The number of hydrogen-bond donors (Lipinski definition) is 3. The van der Waals surface area contributed by atoms with Crippen LogP contribution in [0.2, 0.25) is 0 Å². The standard InChI is InChI=1S/C27H31N7O2S/c35-22-4-2-21(3-5-22)30-26-29-8-7-25(32-26)33-27-31-23-6-1-19(14-24(23)37-27)20-13-18(15-28-16-20)17-34-9-11-36-12-10-34/h1,6-8,13-16,21-22,35H,2-5,9-12,17H2,(H2,29,30,31,32,33)/t21-,22-. The Balaban J connectivity index is 1.15. The van der Waals surface area contributed by atoms with Gasteiger partial charge in [-0.05, 0) is 61.1 Å². The van der Waals surface area contributed by atoms with Crippen LogP contribution in [0.3, 0.4) is 0 Å².